The Morgan fingerprint density at radius 1 is 1.29 bits per heavy atom. The lowest BCUT2D eigenvalue weighted by molar-refractivity contribution is 0.0425. The summed E-state index contributed by atoms with van der Waals surface area (Å²) >= 11 is 0. The highest BCUT2D eigenvalue weighted by molar-refractivity contribution is 5.57. The van der Waals surface area contributed by atoms with Gasteiger partial charge in [-0.05, 0) is 18.8 Å². The highest BCUT2D eigenvalue weighted by Gasteiger charge is 2.35. The highest BCUT2D eigenvalue weighted by atomic mass is 16.7. The molecular weight excluding hydrogens is 182 g/mol. The van der Waals surface area contributed by atoms with Gasteiger partial charge in [0.1, 0.15) is 0 Å². The Bertz CT molecular complexity index is 205. The van der Waals surface area contributed by atoms with Crippen LogP contribution in [-0.2, 0) is 4.74 Å². The molecule has 0 radical (unpaired) electrons. The van der Waals surface area contributed by atoms with Gasteiger partial charge in [-0.2, -0.15) is 0 Å². The molecule has 1 saturated heterocycles. The van der Waals surface area contributed by atoms with E-state index in [0.29, 0.717) is 12.0 Å². The van der Waals surface area contributed by atoms with Crippen molar-refractivity contribution in [2.24, 2.45) is 5.92 Å². The summed E-state index contributed by atoms with van der Waals surface area (Å²) in [6.07, 6.45) is 5.67. The van der Waals surface area contributed by atoms with E-state index in [-0.39, 0.29) is 6.23 Å². The smallest absolute Gasteiger partial charge is 0.450 e. The quantitative estimate of drug-likeness (QED) is 0.634. The van der Waals surface area contributed by atoms with Crippen LogP contribution in [0.1, 0.15) is 38.5 Å². The van der Waals surface area contributed by atoms with Crippen LogP contribution in [0.3, 0.4) is 0 Å². The van der Waals surface area contributed by atoms with E-state index in [9.17, 15) is 4.79 Å². The van der Waals surface area contributed by atoms with Crippen LogP contribution >= 0.6 is 0 Å². The molecule has 1 heterocycles. The van der Waals surface area contributed by atoms with Crippen molar-refractivity contribution in [3.8, 4) is 0 Å². The molecule has 0 aromatic rings. The molecule has 2 N–H and O–H groups in total. The Kier molecular flexibility index (Phi) is 2.91. The average molecular weight is 199 g/mol. The Morgan fingerprint density at radius 3 is 2.86 bits per heavy atom. The molecular formula is C10H17NO3. The molecule has 2 rings (SSSR count). The standard InChI is InChI=1S/C10H17NO3/c12-10(13)14-9-6-7-4-2-1-3-5-8(7)11-9/h7-9,11H,1-6H2,(H,12,13)/t7?,8-,9?/m1/s1. The van der Waals surface area contributed by atoms with E-state index in [0.717, 1.165) is 6.42 Å². The van der Waals surface area contributed by atoms with Gasteiger partial charge < -0.3 is 9.84 Å². The van der Waals surface area contributed by atoms with Gasteiger partial charge in [-0.25, -0.2) is 4.79 Å². The number of hydrogen-bond donors (Lipinski definition) is 2. The van der Waals surface area contributed by atoms with E-state index >= 15 is 0 Å². The van der Waals surface area contributed by atoms with Crippen LogP contribution in [0.25, 0.3) is 0 Å². The zero-order valence-corrected chi connectivity index (χ0v) is 8.24. The van der Waals surface area contributed by atoms with Gasteiger partial charge in [0.15, 0.2) is 6.23 Å². The van der Waals surface area contributed by atoms with Gasteiger partial charge in [0.05, 0.1) is 0 Å². The van der Waals surface area contributed by atoms with E-state index in [4.69, 9.17) is 9.84 Å². The van der Waals surface area contributed by atoms with E-state index < -0.39 is 6.16 Å². The first-order chi connectivity index (χ1) is 6.75. The van der Waals surface area contributed by atoms with Crippen LogP contribution < -0.4 is 5.32 Å². The molecule has 1 aliphatic carbocycles. The van der Waals surface area contributed by atoms with Gasteiger partial charge in [0, 0.05) is 12.5 Å². The number of fused-ring (bicyclic) bond motifs is 1. The largest absolute Gasteiger partial charge is 0.507 e. The van der Waals surface area contributed by atoms with E-state index in [1.807, 2.05) is 0 Å². The molecule has 14 heavy (non-hydrogen) atoms. The number of ether oxygens (including phenoxy) is 1. The summed E-state index contributed by atoms with van der Waals surface area (Å²) in [5.41, 5.74) is 0. The molecule has 4 heteroatoms. The van der Waals surface area contributed by atoms with Crippen LogP contribution in [0.4, 0.5) is 4.79 Å². The Balaban J connectivity index is 1.88. The van der Waals surface area contributed by atoms with Gasteiger partial charge in [-0.1, -0.05) is 19.3 Å². The van der Waals surface area contributed by atoms with Crippen LogP contribution in [-0.4, -0.2) is 23.5 Å². The summed E-state index contributed by atoms with van der Waals surface area (Å²) < 4.78 is 4.75. The molecule has 4 nitrogen and oxygen atoms in total. The molecule has 0 bridgehead atoms. The van der Waals surface area contributed by atoms with Gasteiger partial charge in [0.2, 0.25) is 0 Å². The maximum atomic E-state index is 10.4. The predicted molar refractivity (Wildman–Crippen MR) is 51.0 cm³/mol. The number of hydrogen-bond acceptors (Lipinski definition) is 3. The molecule has 1 aliphatic heterocycles. The van der Waals surface area contributed by atoms with Gasteiger partial charge in [-0.3, -0.25) is 5.32 Å². The molecule has 0 aromatic heterocycles. The molecule has 0 spiro atoms. The summed E-state index contributed by atoms with van der Waals surface area (Å²) in [5, 5.41) is 11.8. The molecule has 2 unspecified atom stereocenters. The monoisotopic (exact) mass is 199 g/mol. The second-order valence-corrected chi connectivity index (χ2v) is 4.28. The van der Waals surface area contributed by atoms with Crippen molar-refractivity contribution in [1.82, 2.24) is 5.32 Å². The predicted octanol–water partition coefficient (Wildman–Crippen LogP) is 1.95. The first kappa shape index (κ1) is 9.77. The van der Waals surface area contributed by atoms with Crippen LogP contribution in [0.15, 0.2) is 0 Å². The fraction of sp³-hybridized carbons (Fsp3) is 0.900. The second kappa shape index (κ2) is 4.17. The summed E-state index contributed by atoms with van der Waals surface area (Å²) in [5.74, 6) is 0.627. The van der Waals surface area contributed by atoms with Crippen molar-refractivity contribution < 1.29 is 14.6 Å². The Hall–Kier alpha value is -0.770. The SMILES string of the molecule is O=C(O)OC1CC2CCCCC[C@H]2N1. The number of rotatable bonds is 1. The van der Waals surface area contributed by atoms with Gasteiger partial charge in [0.25, 0.3) is 0 Å². The topological polar surface area (TPSA) is 58.6 Å². The summed E-state index contributed by atoms with van der Waals surface area (Å²) in [6.45, 7) is 0. The molecule has 80 valence electrons. The van der Waals surface area contributed by atoms with Crippen molar-refractivity contribution in [3.05, 3.63) is 0 Å². The first-order valence-electron chi connectivity index (χ1n) is 5.41. The van der Waals surface area contributed by atoms with Crippen LogP contribution in [0.5, 0.6) is 0 Å². The third kappa shape index (κ3) is 2.18. The minimum absolute atomic E-state index is 0.263. The number of nitrogens with one attached hydrogen (secondary N) is 1. The zero-order chi connectivity index (χ0) is 9.97. The third-order valence-electron chi connectivity index (χ3n) is 3.32. The lowest BCUT2D eigenvalue weighted by atomic mass is 9.96. The van der Waals surface area contributed by atoms with Crippen molar-refractivity contribution in [1.29, 1.82) is 0 Å². The first-order valence-corrected chi connectivity index (χ1v) is 5.41. The van der Waals surface area contributed by atoms with Crippen molar-refractivity contribution in [2.75, 3.05) is 0 Å². The number of carboxylic acid groups (broad SMARTS) is 1. The Labute approximate surface area is 83.6 Å². The zero-order valence-electron chi connectivity index (χ0n) is 8.24. The average Bonchev–Trinajstić information content (AvgIpc) is 2.34. The van der Waals surface area contributed by atoms with Gasteiger partial charge in [-0.15, -0.1) is 0 Å². The summed E-state index contributed by atoms with van der Waals surface area (Å²) in [6, 6.07) is 0.488. The fourth-order valence-electron chi connectivity index (χ4n) is 2.67. The molecule has 2 aliphatic rings. The van der Waals surface area contributed by atoms with Crippen molar-refractivity contribution in [3.63, 3.8) is 0 Å². The minimum Gasteiger partial charge on any atom is -0.450 e. The third-order valence-corrected chi connectivity index (χ3v) is 3.32. The van der Waals surface area contributed by atoms with Crippen molar-refractivity contribution in [2.45, 2.75) is 50.8 Å². The highest BCUT2D eigenvalue weighted by Crippen LogP contribution is 2.32. The van der Waals surface area contributed by atoms with E-state index in [2.05, 4.69) is 5.32 Å². The maximum Gasteiger partial charge on any atom is 0.507 e. The molecule has 0 amide bonds. The number of carbonyl (C=O) groups is 1. The maximum absolute atomic E-state index is 10.4. The van der Waals surface area contributed by atoms with Crippen LogP contribution in [0.2, 0.25) is 0 Å². The van der Waals surface area contributed by atoms with Crippen LogP contribution in [0, 0.1) is 5.92 Å². The second-order valence-electron chi connectivity index (χ2n) is 4.28. The fourth-order valence-corrected chi connectivity index (χ4v) is 2.67. The van der Waals surface area contributed by atoms with E-state index in [1.54, 1.807) is 0 Å². The molecule has 2 fully saturated rings. The van der Waals surface area contributed by atoms with Gasteiger partial charge >= 0.3 is 6.16 Å². The van der Waals surface area contributed by atoms with E-state index in [1.165, 1.54) is 32.1 Å². The lowest BCUT2D eigenvalue weighted by Crippen LogP contribution is -2.33. The minimum atomic E-state index is -1.17. The van der Waals surface area contributed by atoms with Crippen molar-refractivity contribution >= 4 is 6.16 Å². The molecule has 3 atom stereocenters. The normalized spacial score (nSPS) is 37.3. The summed E-state index contributed by atoms with van der Waals surface area (Å²) in [4.78, 5) is 10.4. The lowest BCUT2D eigenvalue weighted by Gasteiger charge is -2.14. The Morgan fingerprint density at radius 2 is 2.07 bits per heavy atom. The molecule has 1 saturated carbocycles. The molecule has 0 aromatic carbocycles. The summed E-state index contributed by atoms with van der Waals surface area (Å²) in [7, 11) is 0.